The van der Waals surface area contributed by atoms with Gasteiger partial charge in [0, 0.05) is 18.7 Å². The summed E-state index contributed by atoms with van der Waals surface area (Å²) in [6.45, 7) is 1.22. The predicted octanol–water partition coefficient (Wildman–Crippen LogP) is 3.03. The molecule has 0 radical (unpaired) electrons. The molecule has 0 bridgehead atoms. The second-order valence-corrected chi connectivity index (χ2v) is 6.38. The molecule has 0 saturated carbocycles. The minimum atomic E-state index is -0.823. The van der Waals surface area contributed by atoms with Crippen LogP contribution in [-0.2, 0) is 4.79 Å². The third-order valence-electron chi connectivity index (χ3n) is 3.68. The fourth-order valence-electron chi connectivity index (χ4n) is 2.53. The van der Waals surface area contributed by atoms with Crippen molar-refractivity contribution in [3.05, 3.63) is 54.4 Å². The first kappa shape index (κ1) is 19.3. The maximum Gasteiger partial charge on any atom is 0.309 e. The average molecular weight is 395 g/mol. The number of thioether (sulfide) groups is 1. The number of primary amides is 1. The Labute approximate surface area is 165 Å². The number of nitrogens with one attached hydrogen (secondary N) is 1. The van der Waals surface area contributed by atoms with Crippen molar-refractivity contribution in [1.29, 1.82) is 0 Å². The molecule has 2 heterocycles. The molecule has 0 saturated heterocycles. The maximum absolute atomic E-state index is 12.1. The van der Waals surface area contributed by atoms with Crippen LogP contribution in [0.5, 0.6) is 5.88 Å². The molecule has 1 aromatic carbocycles. The molecular formula is C19H17N5O3S. The number of hydrogen-bond acceptors (Lipinski definition) is 8. The molecule has 8 nitrogen and oxygen atoms in total. The fraction of sp³-hybridized carbons (Fsp3) is 0.105. The van der Waals surface area contributed by atoms with Gasteiger partial charge in [-0.15, -0.1) is 0 Å². The van der Waals surface area contributed by atoms with Crippen LogP contribution in [0.4, 0.5) is 11.5 Å². The topological polar surface area (TPSA) is 120 Å². The first-order valence-corrected chi connectivity index (χ1v) is 9.42. The van der Waals surface area contributed by atoms with E-state index in [1.165, 1.54) is 18.7 Å². The number of nitrogens with zero attached hydrogens (tertiary/aromatic N) is 3. The molecule has 0 aliphatic rings. The van der Waals surface area contributed by atoms with E-state index in [2.05, 4.69) is 20.3 Å². The molecule has 1 amide bonds. The van der Waals surface area contributed by atoms with Crippen molar-refractivity contribution in [3.8, 4) is 17.0 Å². The third kappa shape index (κ3) is 4.26. The summed E-state index contributed by atoms with van der Waals surface area (Å²) in [5, 5.41) is 3.40. The van der Waals surface area contributed by atoms with Crippen LogP contribution >= 0.6 is 11.8 Å². The van der Waals surface area contributed by atoms with E-state index in [0.29, 0.717) is 10.8 Å². The van der Waals surface area contributed by atoms with Gasteiger partial charge >= 0.3 is 5.97 Å². The molecule has 2 aromatic heterocycles. The standard InChI is InChI=1S/C19H17N5O3S/c1-11(25)27-18-15(16(20)26)17(23-19(24-18)28-2)22-14-10-21-9-8-13(14)12-6-4-3-5-7-12/h3-10H,1-2H3,(H2,20,26)(H,22,23,24). The molecule has 0 atom stereocenters. The van der Waals surface area contributed by atoms with Crippen molar-refractivity contribution >= 4 is 35.1 Å². The van der Waals surface area contributed by atoms with Crippen LogP contribution in [0.2, 0.25) is 0 Å². The Balaban J connectivity index is 2.13. The van der Waals surface area contributed by atoms with Gasteiger partial charge in [-0.2, -0.15) is 4.98 Å². The molecule has 0 aliphatic heterocycles. The van der Waals surface area contributed by atoms with Gasteiger partial charge in [0.25, 0.3) is 5.91 Å². The number of amides is 1. The van der Waals surface area contributed by atoms with Gasteiger partial charge in [0.1, 0.15) is 5.56 Å². The zero-order valence-corrected chi connectivity index (χ0v) is 16.0. The summed E-state index contributed by atoms with van der Waals surface area (Å²) in [5.74, 6) is -1.50. The Bertz CT molecular complexity index is 1030. The van der Waals surface area contributed by atoms with Crippen molar-refractivity contribution in [3.63, 3.8) is 0 Å². The molecule has 0 spiro atoms. The van der Waals surface area contributed by atoms with E-state index in [1.807, 2.05) is 36.4 Å². The van der Waals surface area contributed by atoms with Crippen LogP contribution in [0.15, 0.2) is 53.9 Å². The Morgan fingerprint density at radius 2 is 1.89 bits per heavy atom. The molecule has 9 heteroatoms. The van der Waals surface area contributed by atoms with Crippen LogP contribution in [0.3, 0.4) is 0 Å². The van der Waals surface area contributed by atoms with Crippen LogP contribution in [0.25, 0.3) is 11.1 Å². The quantitative estimate of drug-likeness (QED) is 0.371. The molecule has 3 N–H and O–H groups in total. The number of esters is 1. The molecule has 28 heavy (non-hydrogen) atoms. The number of ether oxygens (including phenoxy) is 1. The van der Waals surface area contributed by atoms with Crippen LogP contribution in [-0.4, -0.2) is 33.1 Å². The predicted molar refractivity (Wildman–Crippen MR) is 107 cm³/mol. The van der Waals surface area contributed by atoms with Crippen molar-refractivity contribution < 1.29 is 14.3 Å². The normalized spacial score (nSPS) is 10.4. The van der Waals surface area contributed by atoms with Gasteiger partial charge in [-0.05, 0) is 17.9 Å². The molecular weight excluding hydrogens is 378 g/mol. The Kier molecular flexibility index (Phi) is 5.85. The van der Waals surface area contributed by atoms with Crippen molar-refractivity contribution in [2.75, 3.05) is 11.6 Å². The molecule has 0 fully saturated rings. The minimum Gasteiger partial charge on any atom is -0.407 e. The third-order valence-corrected chi connectivity index (χ3v) is 4.23. The van der Waals surface area contributed by atoms with Gasteiger partial charge in [0.2, 0.25) is 5.88 Å². The number of aromatic nitrogens is 3. The smallest absolute Gasteiger partial charge is 0.309 e. The Morgan fingerprint density at radius 1 is 1.14 bits per heavy atom. The van der Waals surface area contributed by atoms with E-state index in [-0.39, 0.29) is 17.3 Å². The van der Waals surface area contributed by atoms with Gasteiger partial charge in [0.15, 0.2) is 11.0 Å². The highest BCUT2D eigenvalue weighted by molar-refractivity contribution is 7.98. The number of hydrogen-bond donors (Lipinski definition) is 2. The van der Waals surface area contributed by atoms with E-state index < -0.39 is 11.9 Å². The Morgan fingerprint density at radius 3 is 2.54 bits per heavy atom. The lowest BCUT2D eigenvalue weighted by Gasteiger charge is -2.15. The van der Waals surface area contributed by atoms with E-state index in [4.69, 9.17) is 10.5 Å². The summed E-state index contributed by atoms with van der Waals surface area (Å²) >= 11 is 1.23. The second kappa shape index (κ2) is 8.49. The molecule has 3 rings (SSSR count). The Hall–Kier alpha value is -3.46. The van der Waals surface area contributed by atoms with Gasteiger partial charge < -0.3 is 15.8 Å². The number of benzene rings is 1. The van der Waals surface area contributed by atoms with Gasteiger partial charge in [-0.3, -0.25) is 14.6 Å². The SMILES string of the molecule is CSc1nc(Nc2cnccc2-c2ccccc2)c(C(N)=O)c(OC(C)=O)n1. The lowest BCUT2D eigenvalue weighted by Crippen LogP contribution is -2.19. The van der Waals surface area contributed by atoms with Gasteiger partial charge in [-0.1, -0.05) is 42.1 Å². The summed E-state index contributed by atoms with van der Waals surface area (Å²) in [6.07, 6.45) is 5.04. The molecule has 0 aliphatic carbocycles. The highest BCUT2D eigenvalue weighted by Gasteiger charge is 2.22. The zero-order chi connectivity index (χ0) is 20.1. The van der Waals surface area contributed by atoms with Crippen molar-refractivity contribution in [2.45, 2.75) is 12.1 Å². The number of carbonyl (C=O) groups is 2. The summed E-state index contributed by atoms with van der Waals surface area (Å²) in [5.41, 5.74) is 7.81. The van der Waals surface area contributed by atoms with Crippen LogP contribution in [0, 0.1) is 0 Å². The lowest BCUT2D eigenvalue weighted by atomic mass is 10.1. The lowest BCUT2D eigenvalue weighted by molar-refractivity contribution is -0.132. The average Bonchev–Trinajstić information content (AvgIpc) is 2.68. The van der Waals surface area contributed by atoms with Crippen molar-refractivity contribution in [1.82, 2.24) is 15.0 Å². The summed E-state index contributed by atoms with van der Waals surface area (Å²) in [6, 6.07) is 11.5. The summed E-state index contributed by atoms with van der Waals surface area (Å²) in [7, 11) is 0. The first-order valence-electron chi connectivity index (χ1n) is 8.20. The van der Waals surface area contributed by atoms with E-state index in [9.17, 15) is 9.59 Å². The number of anilines is 2. The molecule has 142 valence electrons. The molecule has 0 unspecified atom stereocenters. The van der Waals surface area contributed by atoms with Crippen molar-refractivity contribution in [2.24, 2.45) is 5.73 Å². The largest absolute Gasteiger partial charge is 0.407 e. The van der Waals surface area contributed by atoms with Crippen LogP contribution in [0.1, 0.15) is 17.3 Å². The van der Waals surface area contributed by atoms with Gasteiger partial charge in [-0.25, -0.2) is 4.98 Å². The zero-order valence-electron chi connectivity index (χ0n) is 15.2. The number of carbonyl (C=O) groups excluding carboxylic acids is 2. The monoisotopic (exact) mass is 395 g/mol. The first-order chi connectivity index (χ1) is 13.5. The minimum absolute atomic E-state index is 0.115. The van der Waals surface area contributed by atoms with Gasteiger partial charge in [0.05, 0.1) is 11.9 Å². The molecule has 3 aromatic rings. The van der Waals surface area contributed by atoms with Crippen LogP contribution < -0.4 is 15.8 Å². The number of nitrogens with two attached hydrogens (primary N) is 1. The highest BCUT2D eigenvalue weighted by Crippen LogP contribution is 2.32. The summed E-state index contributed by atoms with van der Waals surface area (Å²) < 4.78 is 5.08. The van der Waals surface area contributed by atoms with E-state index in [0.717, 1.165) is 11.1 Å². The number of rotatable bonds is 6. The maximum atomic E-state index is 12.1. The van der Waals surface area contributed by atoms with E-state index >= 15 is 0 Å². The second-order valence-electron chi connectivity index (χ2n) is 5.61. The van der Waals surface area contributed by atoms with E-state index in [1.54, 1.807) is 18.6 Å². The summed E-state index contributed by atoms with van der Waals surface area (Å²) in [4.78, 5) is 36.0. The highest BCUT2D eigenvalue weighted by atomic mass is 32.2. The number of pyridine rings is 1. The fourth-order valence-corrected chi connectivity index (χ4v) is 2.88.